The van der Waals surface area contributed by atoms with Gasteiger partial charge in [0.2, 0.25) is 12.7 Å². The average Bonchev–Trinajstić information content (AvgIpc) is 3.29. The highest BCUT2D eigenvalue weighted by Crippen LogP contribution is 2.32. The molecule has 5 nitrogen and oxygen atoms in total. The summed E-state index contributed by atoms with van der Waals surface area (Å²) in [6.07, 6.45) is 5.36. The molecule has 0 spiro atoms. The SMILES string of the molecule is Cl.O=C(Cc1ccc2c(c1)OCO2)N1CCC(NCC2CC2)CC1. The highest BCUT2D eigenvalue weighted by Gasteiger charge is 2.26. The molecule has 1 aliphatic carbocycles. The molecule has 1 amide bonds. The van der Waals surface area contributed by atoms with Gasteiger partial charge in [-0.1, -0.05) is 6.07 Å². The number of halogens is 1. The first-order chi connectivity index (χ1) is 11.3. The molecule has 1 saturated carbocycles. The van der Waals surface area contributed by atoms with Crippen LogP contribution >= 0.6 is 12.4 Å². The minimum atomic E-state index is 0. The quantitative estimate of drug-likeness (QED) is 0.884. The lowest BCUT2D eigenvalue weighted by atomic mass is 10.0. The second-order valence-electron chi connectivity index (χ2n) is 6.87. The van der Waals surface area contributed by atoms with E-state index in [1.54, 1.807) is 0 Å². The van der Waals surface area contributed by atoms with Gasteiger partial charge in [-0.15, -0.1) is 12.4 Å². The molecule has 0 radical (unpaired) electrons. The van der Waals surface area contributed by atoms with Crippen molar-refractivity contribution in [3.8, 4) is 11.5 Å². The summed E-state index contributed by atoms with van der Waals surface area (Å²) in [5.74, 6) is 2.65. The van der Waals surface area contributed by atoms with E-state index in [0.29, 0.717) is 12.5 Å². The van der Waals surface area contributed by atoms with Crippen molar-refractivity contribution in [1.82, 2.24) is 10.2 Å². The molecule has 0 aromatic heterocycles. The van der Waals surface area contributed by atoms with Crippen LogP contribution in [0.3, 0.4) is 0 Å². The number of nitrogens with zero attached hydrogens (tertiary/aromatic N) is 1. The van der Waals surface area contributed by atoms with Crippen molar-refractivity contribution < 1.29 is 14.3 Å². The summed E-state index contributed by atoms with van der Waals surface area (Å²) in [5.41, 5.74) is 0.994. The molecule has 1 aromatic carbocycles. The van der Waals surface area contributed by atoms with Crippen LogP contribution in [0, 0.1) is 5.92 Å². The van der Waals surface area contributed by atoms with E-state index < -0.39 is 0 Å². The Morgan fingerprint density at radius 3 is 2.62 bits per heavy atom. The molecule has 1 N–H and O–H groups in total. The first kappa shape index (κ1) is 17.4. The van der Waals surface area contributed by atoms with E-state index in [1.807, 2.05) is 23.1 Å². The summed E-state index contributed by atoms with van der Waals surface area (Å²) in [4.78, 5) is 14.5. The van der Waals surface area contributed by atoms with Crippen LogP contribution < -0.4 is 14.8 Å². The lowest BCUT2D eigenvalue weighted by molar-refractivity contribution is -0.131. The molecule has 2 aliphatic heterocycles. The number of piperidine rings is 1. The monoisotopic (exact) mass is 352 g/mol. The fraction of sp³-hybridized carbons (Fsp3) is 0.611. The molecule has 0 bridgehead atoms. The van der Waals surface area contributed by atoms with Gasteiger partial charge in [0.1, 0.15) is 0 Å². The van der Waals surface area contributed by atoms with Gasteiger partial charge >= 0.3 is 0 Å². The van der Waals surface area contributed by atoms with Crippen LogP contribution in [0.1, 0.15) is 31.2 Å². The number of rotatable bonds is 5. The van der Waals surface area contributed by atoms with E-state index in [1.165, 1.54) is 12.8 Å². The number of carbonyl (C=O) groups is 1. The first-order valence-corrected chi connectivity index (χ1v) is 8.67. The average molecular weight is 353 g/mol. The lowest BCUT2D eigenvalue weighted by Crippen LogP contribution is -2.45. The van der Waals surface area contributed by atoms with Crippen molar-refractivity contribution in [3.63, 3.8) is 0 Å². The van der Waals surface area contributed by atoms with Crippen molar-refractivity contribution >= 4 is 18.3 Å². The molecule has 24 heavy (non-hydrogen) atoms. The van der Waals surface area contributed by atoms with Crippen molar-refractivity contribution in [3.05, 3.63) is 23.8 Å². The highest BCUT2D eigenvalue weighted by atomic mass is 35.5. The van der Waals surface area contributed by atoms with E-state index in [0.717, 1.165) is 55.5 Å². The summed E-state index contributed by atoms with van der Waals surface area (Å²) in [5, 5.41) is 3.65. The number of likely N-dealkylation sites (tertiary alicyclic amines) is 1. The van der Waals surface area contributed by atoms with Crippen molar-refractivity contribution in [2.24, 2.45) is 5.92 Å². The summed E-state index contributed by atoms with van der Waals surface area (Å²) in [7, 11) is 0. The molecule has 3 aliphatic rings. The van der Waals surface area contributed by atoms with Gasteiger partial charge in [0, 0.05) is 19.1 Å². The van der Waals surface area contributed by atoms with Gasteiger partial charge < -0.3 is 19.7 Å². The van der Waals surface area contributed by atoms with Crippen LogP contribution in [0.25, 0.3) is 0 Å². The van der Waals surface area contributed by atoms with Gasteiger partial charge in [0.05, 0.1) is 6.42 Å². The summed E-state index contributed by atoms with van der Waals surface area (Å²) < 4.78 is 10.7. The topological polar surface area (TPSA) is 50.8 Å². The Balaban J connectivity index is 0.00000169. The number of benzene rings is 1. The predicted octanol–water partition coefficient (Wildman–Crippen LogP) is 2.37. The third-order valence-corrected chi connectivity index (χ3v) is 5.03. The van der Waals surface area contributed by atoms with Crippen LogP contribution in [0.5, 0.6) is 11.5 Å². The van der Waals surface area contributed by atoms with E-state index in [4.69, 9.17) is 9.47 Å². The number of ether oxygens (including phenoxy) is 2. The van der Waals surface area contributed by atoms with Crippen molar-refractivity contribution in [2.75, 3.05) is 26.4 Å². The third-order valence-electron chi connectivity index (χ3n) is 5.03. The Morgan fingerprint density at radius 2 is 1.88 bits per heavy atom. The van der Waals surface area contributed by atoms with E-state index in [9.17, 15) is 4.79 Å². The molecule has 0 unspecified atom stereocenters. The van der Waals surface area contributed by atoms with Gasteiger partial charge in [-0.2, -0.15) is 0 Å². The molecule has 132 valence electrons. The summed E-state index contributed by atoms with van der Waals surface area (Å²) in [6, 6.07) is 6.35. The predicted molar refractivity (Wildman–Crippen MR) is 93.8 cm³/mol. The maximum atomic E-state index is 12.5. The van der Waals surface area contributed by atoms with Gasteiger partial charge in [-0.05, 0) is 55.8 Å². The van der Waals surface area contributed by atoms with E-state index >= 15 is 0 Å². The van der Waals surface area contributed by atoms with Crippen molar-refractivity contribution in [1.29, 1.82) is 0 Å². The van der Waals surface area contributed by atoms with Crippen LogP contribution in [0.2, 0.25) is 0 Å². The highest BCUT2D eigenvalue weighted by molar-refractivity contribution is 5.85. The molecule has 1 saturated heterocycles. The van der Waals surface area contributed by atoms with Crippen LogP contribution in [-0.4, -0.2) is 43.3 Å². The molecule has 6 heteroatoms. The molecular weight excluding hydrogens is 328 g/mol. The number of hydrogen-bond acceptors (Lipinski definition) is 4. The zero-order chi connectivity index (χ0) is 15.6. The van der Waals surface area contributed by atoms with Crippen LogP contribution in [0.4, 0.5) is 0 Å². The molecule has 4 rings (SSSR count). The van der Waals surface area contributed by atoms with Gasteiger partial charge in [0.15, 0.2) is 11.5 Å². The minimum absolute atomic E-state index is 0. The van der Waals surface area contributed by atoms with Gasteiger partial charge in [-0.3, -0.25) is 4.79 Å². The zero-order valence-corrected chi connectivity index (χ0v) is 14.6. The summed E-state index contributed by atoms with van der Waals surface area (Å²) >= 11 is 0. The van der Waals surface area contributed by atoms with E-state index in [-0.39, 0.29) is 25.1 Å². The Kier molecular flexibility index (Phi) is 5.51. The Hall–Kier alpha value is -1.46. The largest absolute Gasteiger partial charge is 0.454 e. The van der Waals surface area contributed by atoms with Crippen LogP contribution in [0.15, 0.2) is 18.2 Å². The zero-order valence-electron chi connectivity index (χ0n) is 13.8. The normalized spacial score (nSPS) is 19.9. The van der Waals surface area contributed by atoms with Crippen molar-refractivity contribution in [2.45, 2.75) is 38.1 Å². The Bertz CT molecular complexity index is 584. The summed E-state index contributed by atoms with van der Waals surface area (Å²) in [6.45, 7) is 3.17. The maximum Gasteiger partial charge on any atom is 0.231 e. The smallest absolute Gasteiger partial charge is 0.231 e. The number of carbonyl (C=O) groups excluding carboxylic acids is 1. The number of nitrogens with one attached hydrogen (secondary N) is 1. The molecular formula is C18H25ClN2O3. The second-order valence-corrected chi connectivity index (χ2v) is 6.87. The first-order valence-electron chi connectivity index (χ1n) is 8.67. The van der Waals surface area contributed by atoms with E-state index in [2.05, 4.69) is 5.32 Å². The standard InChI is InChI=1S/C18H24N2O3.ClH/c21-18(10-14-3-4-16-17(9-14)23-12-22-16)20-7-5-15(6-8-20)19-11-13-1-2-13;/h3-4,9,13,15,19H,1-2,5-8,10-12H2;1H. The van der Waals surface area contributed by atoms with Gasteiger partial charge in [-0.25, -0.2) is 0 Å². The molecule has 1 aromatic rings. The number of amides is 1. The number of fused-ring (bicyclic) bond motifs is 1. The molecule has 2 fully saturated rings. The van der Waals surface area contributed by atoms with Crippen LogP contribution in [-0.2, 0) is 11.2 Å². The Labute approximate surface area is 149 Å². The number of hydrogen-bond donors (Lipinski definition) is 1. The third kappa shape index (κ3) is 4.14. The fourth-order valence-electron chi connectivity index (χ4n) is 3.33. The maximum absolute atomic E-state index is 12.5. The lowest BCUT2D eigenvalue weighted by Gasteiger charge is -2.32. The second kappa shape index (κ2) is 7.62. The minimum Gasteiger partial charge on any atom is -0.454 e. The van der Waals surface area contributed by atoms with Gasteiger partial charge in [0.25, 0.3) is 0 Å². The molecule has 0 atom stereocenters. The Morgan fingerprint density at radius 1 is 1.12 bits per heavy atom. The fourth-order valence-corrected chi connectivity index (χ4v) is 3.33. The molecule has 2 heterocycles.